The lowest BCUT2D eigenvalue weighted by Gasteiger charge is -2.26. The maximum absolute atomic E-state index is 9.53. The van der Waals surface area contributed by atoms with Crippen molar-refractivity contribution in [3.8, 4) is 22.3 Å². The van der Waals surface area contributed by atoms with Crippen molar-refractivity contribution >= 4 is 67.4 Å². The average Bonchev–Trinajstić information content (AvgIpc) is 3.71. The van der Waals surface area contributed by atoms with E-state index in [9.17, 15) is 5.41 Å². The van der Waals surface area contributed by atoms with Gasteiger partial charge in [0.2, 0.25) is 0 Å². The number of aliphatic imine (C=N–C) groups is 1. The minimum Gasteiger partial charge on any atom is -0.455 e. The largest absolute Gasteiger partial charge is 0.455 e. The molecule has 1 N–H and O–H groups in total. The molecule has 0 atom stereocenters. The zero-order valence-corrected chi connectivity index (χ0v) is 32.7. The fourth-order valence-electron chi connectivity index (χ4n) is 8.06. The number of hydrogen-bond acceptors (Lipinski definition) is 3. The summed E-state index contributed by atoms with van der Waals surface area (Å²) in [5.74, 6) is 0.179. The first-order valence-corrected chi connectivity index (χ1v) is 20.1. The second kappa shape index (κ2) is 16.0. The molecule has 0 saturated heterocycles. The number of nitrogens with one attached hydrogen (secondary N) is 1. The molecule has 0 spiro atoms. The molecule has 284 valence electrons. The van der Waals surface area contributed by atoms with Gasteiger partial charge in [0.05, 0.1) is 5.71 Å². The highest BCUT2D eigenvalue weighted by atomic mass is 16.3. The van der Waals surface area contributed by atoms with Crippen molar-refractivity contribution in [2.24, 2.45) is 4.99 Å². The van der Waals surface area contributed by atoms with Gasteiger partial charge in [-0.3, -0.25) is 5.41 Å². The standard InChI is InChI=1S/C56H39N3O/c57-56(58-52(43-20-9-3-10-21-43)37-28-39-16-5-1-6-17-39)50-38-51-54-47(26-15-27-53(54)60-55(51)49-25-14-13-24-48(49)50)42-31-35-46(36-32-42)59(44-22-11-4-12-23-44)45-33-29-41(30-34-45)40-18-7-2-8-19-40/h1-38,57H/b37-28+,57-56?,58-52+. The van der Waals surface area contributed by atoms with Gasteiger partial charge in [-0.15, -0.1) is 0 Å². The highest BCUT2D eigenvalue weighted by Gasteiger charge is 2.20. The van der Waals surface area contributed by atoms with Crippen molar-refractivity contribution in [3.63, 3.8) is 0 Å². The molecule has 4 heteroatoms. The second-order valence-corrected chi connectivity index (χ2v) is 14.7. The number of allylic oxidation sites excluding steroid dienone is 1. The fraction of sp³-hybridized carbons (Fsp3) is 0. The van der Waals surface area contributed by atoms with Crippen molar-refractivity contribution in [3.05, 3.63) is 241 Å². The number of para-hydroxylation sites is 1. The second-order valence-electron chi connectivity index (χ2n) is 14.7. The molecule has 9 aromatic carbocycles. The molecule has 10 rings (SSSR count). The van der Waals surface area contributed by atoms with E-state index in [4.69, 9.17) is 9.41 Å². The first-order valence-electron chi connectivity index (χ1n) is 20.1. The molecule has 1 aromatic heterocycles. The molecule has 10 aromatic rings. The number of furan rings is 1. The van der Waals surface area contributed by atoms with Gasteiger partial charge in [-0.1, -0.05) is 176 Å². The average molecular weight is 770 g/mol. The maximum atomic E-state index is 9.53. The summed E-state index contributed by atoms with van der Waals surface area (Å²) in [5, 5.41) is 13.4. The van der Waals surface area contributed by atoms with Crippen LogP contribution in [0.1, 0.15) is 16.7 Å². The van der Waals surface area contributed by atoms with Crippen LogP contribution in [-0.2, 0) is 0 Å². The van der Waals surface area contributed by atoms with Crippen molar-refractivity contribution in [1.82, 2.24) is 0 Å². The number of rotatable bonds is 9. The smallest absolute Gasteiger partial charge is 0.153 e. The van der Waals surface area contributed by atoms with Crippen molar-refractivity contribution < 1.29 is 4.42 Å². The summed E-state index contributed by atoms with van der Waals surface area (Å²) >= 11 is 0. The zero-order valence-electron chi connectivity index (χ0n) is 32.7. The van der Waals surface area contributed by atoms with Gasteiger partial charge in [-0.25, -0.2) is 4.99 Å². The van der Waals surface area contributed by atoms with E-state index in [-0.39, 0.29) is 5.84 Å². The molecule has 0 aliphatic rings. The lowest BCUT2D eigenvalue weighted by Crippen LogP contribution is -2.09. The molecule has 4 nitrogen and oxygen atoms in total. The highest BCUT2D eigenvalue weighted by Crippen LogP contribution is 2.42. The van der Waals surface area contributed by atoms with Crippen LogP contribution in [0.15, 0.2) is 234 Å². The maximum Gasteiger partial charge on any atom is 0.153 e. The Balaban J connectivity index is 1.06. The SMILES string of the molecule is N=C(/N=C(\C=C\c1ccccc1)c1ccccc1)c1cc2c(oc3cccc(-c4ccc(N(c5ccccc5)c5ccc(-c6ccccc6)cc5)cc4)c32)c2ccccc12. The van der Waals surface area contributed by atoms with Gasteiger partial charge in [-0.05, 0) is 87.8 Å². The number of amidine groups is 1. The van der Waals surface area contributed by atoms with Gasteiger partial charge in [-0.2, -0.15) is 0 Å². The summed E-state index contributed by atoms with van der Waals surface area (Å²) in [6, 6.07) is 75.2. The van der Waals surface area contributed by atoms with Crippen LogP contribution < -0.4 is 4.90 Å². The summed E-state index contributed by atoms with van der Waals surface area (Å²) in [4.78, 5) is 7.30. The van der Waals surface area contributed by atoms with E-state index in [1.807, 2.05) is 91.0 Å². The number of hydrogen-bond donors (Lipinski definition) is 1. The summed E-state index contributed by atoms with van der Waals surface area (Å²) in [7, 11) is 0. The van der Waals surface area contributed by atoms with Crippen LogP contribution in [0.5, 0.6) is 0 Å². The summed E-state index contributed by atoms with van der Waals surface area (Å²) in [6.45, 7) is 0. The van der Waals surface area contributed by atoms with Crippen LogP contribution in [0, 0.1) is 5.41 Å². The Morgan fingerprint density at radius 1 is 0.483 bits per heavy atom. The van der Waals surface area contributed by atoms with E-state index in [1.165, 1.54) is 11.1 Å². The van der Waals surface area contributed by atoms with Crippen LogP contribution in [0.25, 0.3) is 61.0 Å². The lowest BCUT2D eigenvalue weighted by atomic mass is 9.95. The Kier molecular flexibility index (Phi) is 9.70. The molecule has 0 aliphatic heterocycles. The quantitative estimate of drug-likeness (QED) is 0.117. The molecule has 60 heavy (non-hydrogen) atoms. The van der Waals surface area contributed by atoms with E-state index in [2.05, 4.69) is 144 Å². The predicted molar refractivity (Wildman–Crippen MR) is 252 cm³/mol. The number of nitrogens with zero attached hydrogens (tertiary/aromatic N) is 2. The Bertz CT molecular complexity index is 3170. The van der Waals surface area contributed by atoms with Crippen LogP contribution in [0.3, 0.4) is 0 Å². The van der Waals surface area contributed by atoms with Crippen LogP contribution in [-0.4, -0.2) is 11.5 Å². The molecule has 0 unspecified atom stereocenters. The van der Waals surface area contributed by atoms with Gasteiger partial charge in [0.25, 0.3) is 0 Å². The molecule has 0 aliphatic carbocycles. The normalized spacial score (nSPS) is 11.8. The van der Waals surface area contributed by atoms with Crippen molar-refractivity contribution in [2.45, 2.75) is 0 Å². The third-order valence-corrected chi connectivity index (χ3v) is 11.0. The third-order valence-electron chi connectivity index (χ3n) is 11.0. The van der Waals surface area contributed by atoms with E-state index in [0.29, 0.717) is 5.71 Å². The summed E-state index contributed by atoms with van der Waals surface area (Å²) in [5.41, 5.74) is 12.8. The van der Waals surface area contributed by atoms with E-state index in [0.717, 1.165) is 77.6 Å². The Morgan fingerprint density at radius 2 is 1.03 bits per heavy atom. The molecule has 0 fully saturated rings. The molecular weight excluding hydrogens is 731 g/mol. The molecule has 0 amide bonds. The number of benzene rings is 9. The summed E-state index contributed by atoms with van der Waals surface area (Å²) in [6.07, 6.45) is 4.04. The van der Waals surface area contributed by atoms with Gasteiger partial charge < -0.3 is 9.32 Å². The fourth-order valence-corrected chi connectivity index (χ4v) is 8.06. The molecule has 0 radical (unpaired) electrons. The van der Waals surface area contributed by atoms with Gasteiger partial charge in [0, 0.05) is 44.3 Å². The van der Waals surface area contributed by atoms with E-state index in [1.54, 1.807) is 0 Å². The predicted octanol–water partition coefficient (Wildman–Crippen LogP) is 15.1. The minimum absolute atomic E-state index is 0.179. The Hall–Kier alpha value is -8.08. The monoisotopic (exact) mass is 769 g/mol. The topological polar surface area (TPSA) is 52.6 Å². The number of fused-ring (bicyclic) bond motifs is 5. The Labute approximate surface area is 349 Å². The first-order chi connectivity index (χ1) is 29.7. The van der Waals surface area contributed by atoms with Crippen LogP contribution in [0.4, 0.5) is 17.1 Å². The van der Waals surface area contributed by atoms with Crippen molar-refractivity contribution in [1.29, 1.82) is 5.41 Å². The van der Waals surface area contributed by atoms with Gasteiger partial charge >= 0.3 is 0 Å². The molecule has 0 bridgehead atoms. The van der Waals surface area contributed by atoms with Crippen LogP contribution in [0.2, 0.25) is 0 Å². The van der Waals surface area contributed by atoms with Crippen molar-refractivity contribution in [2.75, 3.05) is 4.90 Å². The lowest BCUT2D eigenvalue weighted by molar-refractivity contribution is 0.673. The van der Waals surface area contributed by atoms with E-state index < -0.39 is 0 Å². The first kappa shape index (κ1) is 36.3. The van der Waals surface area contributed by atoms with Gasteiger partial charge in [0.1, 0.15) is 11.2 Å². The summed E-state index contributed by atoms with van der Waals surface area (Å²) < 4.78 is 6.69. The third kappa shape index (κ3) is 7.08. The Morgan fingerprint density at radius 3 is 1.72 bits per heavy atom. The van der Waals surface area contributed by atoms with E-state index >= 15 is 0 Å². The number of anilines is 3. The van der Waals surface area contributed by atoms with Crippen LogP contribution >= 0.6 is 0 Å². The van der Waals surface area contributed by atoms with Gasteiger partial charge in [0.15, 0.2) is 5.84 Å². The zero-order chi connectivity index (χ0) is 40.3. The molecular formula is C56H39N3O. The molecule has 0 saturated carbocycles. The molecule has 1 heterocycles. The highest BCUT2D eigenvalue weighted by molar-refractivity contribution is 6.26. The minimum atomic E-state index is 0.179.